The topological polar surface area (TPSA) is 91.0 Å². The normalized spacial score (nSPS) is 12.1. The van der Waals surface area contributed by atoms with Gasteiger partial charge in [0.2, 0.25) is 0 Å². The van der Waals surface area contributed by atoms with Gasteiger partial charge < -0.3 is 24.8 Å². The Balaban J connectivity index is 1.67. The molecule has 1 unspecified atom stereocenters. The zero-order valence-electron chi connectivity index (χ0n) is 18.1. The Morgan fingerprint density at radius 2 is 1.76 bits per heavy atom. The molecule has 7 nitrogen and oxygen atoms in total. The average molecular weight is 443 g/mol. The molecular formula is C25H22FN5O2. The van der Waals surface area contributed by atoms with Crippen LogP contribution >= 0.6 is 0 Å². The van der Waals surface area contributed by atoms with Crippen molar-refractivity contribution in [3.8, 4) is 28.3 Å². The Bertz CT molecular complexity index is 1390. The second kappa shape index (κ2) is 8.40. The first-order valence-corrected chi connectivity index (χ1v) is 10.3. The van der Waals surface area contributed by atoms with Crippen LogP contribution in [0.5, 0.6) is 11.5 Å². The van der Waals surface area contributed by atoms with Gasteiger partial charge in [0.25, 0.3) is 0 Å². The van der Waals surface area contributed by atoms with E-state index in [1.54, 1.807) is 38.9 Å². The van der Waals surface area contributed by atoms with Crippen molar-refractivity contribution in [2.75, 3.05) is 14.2 Å². The third-order valence-corrected chi connectivity index (χ3v) is 5.63. The molecule has 0 amide bonds. The van der Waals surface area contributed by atoms with E-state index < -0.39 is 6.04 Å². The third kappa shape index (κ3) is 3.70. The van der Waals surface area contributed by atoms with Crippen molar-refractivity contribution in [3.63, 3.8) is 0 Å². The summed E-state index contributed by atoms with van der Waals surface area (Å²) in [5.41, 5.74) is 11.5. The number of rotatable bonds is 6. The second-order valence-corrected chi connectivity index (χ2v) is 7.54. The number of aromatic nitrogens is 4. The van der Waals surface area contributed by atoms with Crippen LogP contribution in [0.4, 0.5) is 4.39 Å². The van der Waals surface area contributed by atoms with E-state index in [1.807, 2.05) is 41.1 Å². The maximum Gasteiger partial charge on any atom is 0.129 e. The Hall–Kier alpha value is -4.17. The fourth-order valence-electron chi connectivity index (χ4n) is 4.01. The summed E-state index contributed by atoms with van der Waals surface area (Å²) >= 11 is 0. The van der Waals surface area contributed by atoms with Crippen LogP contribution in [0, 0.1) is 5.82 Å². The van der Waals surface area contributed by atoms with Gasteiger partial charge in [0.15, 0.2) is 0 Å². The lowest BCUT2D eigenvalue weighted by atomic mass is 10.0. The second-order valence-electron chi connectivity index (χ2n) is 7.54. The lowest BCUT2D eigenvalue weighted by molar-refractivity contribution is 0.381. The highest BCUT2D eigenvalue weighted by atomic mass is 19.1. The first-order chi connectivity index (χ1) is 16.1. The average Bonchev–Trinajstić information content (AvgIpc) is 3.52. The van der Waals surface area contributed by atoms with Gasteiger partial charge in [-0.1, -0.05) is 18.2 Å². The predicted octanol–water partition coefficient (Wildman–Crippen LogP) is 4.62. The van der Waals surface area contributed by atoms with Gasteiger partial charge in [0.05, 0.1) is 48.9 Å². The molecule has 1 atom stereocenters. The molecule has 8 heteroatoms. The number of halogens is 1. The zero-order chi connectivity index (χ0) is 22.9. The molecule has 0 spiro atoms. The van der Waals surface area contributed by atoms with Crippen LogP contribution in [0.15, 0.2) is 73.3 Å². The molecule has 0 aliphatic rings. The molecule has 0 aliphatic carbocycles. The minimum Gasteiger partial charge on any atom is -0.496 e. The zero-order valence-corrected chi connectivity index (χ0v) is 18.1. The minimum atomic E-state index is -0.602. The number of nitrogens with zero attached hydrogens (tertiary/aromatic N) is 3. The van der Waals surface area contributed by atoms with Gasteiger partial charge in [-0.15, -0.1) is 0 Å². The Labute approximate surface area is 189 Å². The van der Waals surface area contributed by atoms with Crippen molar-refractivity contribution in [2.45, 2.75) is 6.04 Å². The van der Waals surface area contributed by atoms with Crippen LogP contribution in [-0.4, -0.2) is 33.7 Å². The quantitative estimate of drug-likeness (QED) is 0.400. The molecule has 0 aliphatic heterocycles. The number of benzene rings is 3. The minimum absolute atomic E-state index is 0.287. The van der Waals surface area contributed by atoms with Gasteiger partial charge in [0.1, 0.15) is 23.1 Å². The van der Waals surface area contributed by atoms with E-state index in [2.05, 4.69) is 9.97 Å². The summed E-state index contributed by atoms with van der Waals surface area (Å²) in [5, 5.41) is 0. The number of ether oxygens (including phenoxy) is 2. The first kappa shape index (κ1) is 20.7. The fourth-order valence-corrected chi connectivity index (χ4v) is 4.01. The predicted molar refractivity (Wildman–Crippen MR) is 124 cm³/mol. The number of methoxy groups -OCH3 is 2. The van der Waals surface area contributed by atoms with Crippen molar-refractivity contribution >= 4 is 11.0 Å². The highest BCUT2D eigenvalue weighted by molar-refractivity contribution is 5.88. The Morgan fingerprint density at radius 3 is 2.39 bits per heavy atom. The summed E-state index contributed by atoms with van der Waals surface area (Å²) in [6.45, 7) is 0. The SMILES string of the molecule is COc1cccc(OC)c1C(N)c1nc2cc(-n3ccnc3)c(-c3ccc(F)cc3)cc2[nH]1. The maximum absolute atomic E-state index is 13.5. The molecule has 2 heterocycles. The van der Waals surface area contributed by atoms with Crippen LogP contribution in [0.2, 0.25) is 0 Å². The summed E-state index contributed by atoms with van der Waals surface area (Å²) in [7, 11) is 3.19. The number of nitrogens with one attached hydrogen (secondary N) is 1. The Kier molecular flexibility index (Phi) is 5.27. The summed E-state index contributed by atoms with van der Waals surface area (Å²) in [6.07, 6.45) is 5.28. The van der Waals surface area contributed by atoms with Gasteiger partial charge in [-0.3, -0.25) is 0 Å². The van der Waals surface area contributed by atoms with Crippen LogP contribution in [0.1, 0.15) is 17.4 Å². The highest BCUT2D eigenvalue weighted by Gasteiger charge is 2.23. The summed E-state index contributed by atoms with van der Waals surface area (Å²) in [4.78, 5) is 12.3. The van der Waals surface area contributed by atoms with Crippen LogP contribution in [-0.2, 0) is 0 Å². The van der Waals surface area contributed by atoms with Crippen LogP contribution in [0.3, 0.4) is 0 Å². The Morgan fingerprint density at radius 1 is 1.03 bits per heavy atom. The third-order valence-electron chi connectivity index (χ3n) is 5.63. The van der Waals surface area contributed by atoms with E-state index in [0.29, 0.717) is 22.9 Å². The van der Waals surface area contributed by atoms with Crippen molar-refractivity contribution in [1.29, 1.82) is 0 Å². The molecule has 3 aromatic carbocycles. The van der Waals surface area contributed by atoms with Crippen molar-refractivity contribution < 1.29 is 13.9 Å². The van der Waals surface area contributed by atoms with Gasteiger partial charge in [-0.05, 0) is 42.0 Å². The molecule has 166 valence electrons. The lowest BCUT2D eigenvalue weighted by Crippen LogP contribution is -2.16. The van der Waals surface area contributed by atoms with Gasteiger partial charge in [-0.25, -0.2) is 14.4 Å². The number of fused-ring (bicyclic) bond motifs is 1. The molecule has 3 N–H and O–H groups in total. The number of H-pyrrole nitrogens is 1. The van der Waals surface area contributed by atoms with Crippen molar-refractivity contribution in [3.05, 3.63) is 90.5 Å². The van der Waals surface area contributed by atoms with Crippen molar-refractivity contribution in [1.82, 2.24) is 19.5 Å². The van der Waals surface area contributed by atoms with Gasteiger partial charge in [-0.2, -0.15) is 0 Å². The molecule has 0 radical (unpaired) electrons. The molecule has 0 bridgehead atoms. The molecule has 0 saturated heterocycles. The molecule has 0 fully saturated rings. The van der Waals surface area contributed by atoms with E-state index in [-0.39, 0.29) is 5.82 Å². The highest BCUT2D eigenvalue weighted by Crippen LogP contribution is 2.37. The summed E-state index contributed by atoms with van der Waals surface area (Å²) in [6, 6.07) is 15.3. The fraction of sp³-hybridized carbons (Fsp3) is 0.120. The smallest absolute Gasteiger partial charge is 0.129 e. The summed E-state index contributed by atoms with van der Waals surface area (Å²) in [5.74, 6) is 1.52. The van der Waals surface area contributed by atoms with E-state index in [0.717, 1.165) is 27.8 Å². The number of hydrogen-bond acceptors (Lipinski definition) is 5. The first-order valence-electron chi connectivity index (χ1n) is 10.3. The monoisotopic (exact) mass is 443 g/mol. The number of hydrogen-bond donors (Lipinski definition) is 2. The van der Waals surface area contributed by atoms with Gasteiger partial charge in [0, 0.05) is 18.0 Å². The molecular weight excluding hydrogens is 421 g/mol. The van der Waals surface area contributed by atoms with Gasteiger partial charge >= 0.3 is 0 Å². The van der Waals surface area contributed by atoms with E-state index in [4.69, 9.17) is 20.2 Å². The summed E-state index contributed by atoms with van der Waals surface area (Å²) < 4.78 is 26.5. The molecule has 0 saturated carbocycles. The molecule has 5 aromatic rings. The van der Waals surface area contributed by atoms with Crippen molar-refractivity contribution in [2.24, 2.45) is 5.73 Å². The lowest BCUT2D eigenvalue weighted by Gasteiger charge is -2.17. The standard InChI is InChI=1S/C25H22FN5O2/c1-32-21-4-3-5-22(33-2)23(21)24(27)25-29-18-12-17(15-6-8-16(26)9-7-15)20(13-19(18)30-25)31-11-10-28-14-31/h3-14,24H,27H2,1-2H3,(H,29,30). The molecule has 33 heavy (non-hydrogen) atoms. The largest absolute Gasteiger partial charge is 0.496 e. The molecule has 2 aromatic heterocycles. The van der Waals surface area contributed by atoms with Crippen LogP contribution in [0.25, 0.3) is 27.8 Å². The van der Waals surface area contributed by atoms with E-state index in [9.17, 15) is 4.39 Å². The molecule has 5 rings (SSSR count). The van der Waals surface area contributed by atoms with E-state index >= 15 is 0 Å². The number of nitrogens with two attached hydrogens (primary N) is 1. The van der Waals surface area contributed by atoms with Crippen LogP contribution < -0.4 is 15.2 Å². The number of aromatic amines is 1. The number of imidazole rings is 2. The maximum atomic E-state index is 13.5. The van der Waals surface area contributed by atoms with E-state index in [1.165, 1.54) is 12.1 Å².